The van der Waals surface area contributed by atoms with Crippen LogP contribution in [0.15, 0.2) is 60.8 Å². The predicted octanol–water partition coefficient (Wildman–Crippen LogP) is 6.77. The maximum Gasteiger partial charge on any atom is 0.322 e. The maximum absolute atomic E-state index is 13.9. The quantitative estimate of drug-likeness (QED) is 0.252. The number of aliphatic carboxylic acids is 1. The molecule has 0 unspecified atom stereocenters. The molecule has 1 saturated heterocycles. The lowest BCUT2D eigenvalue weighted by Crippen LogP contribution is -2.36. The van der Waals surface area contributed by atoms with Crippen LogP contribution in [0.25, 0.3) is 22.0 Å². The fourth-order valence-electron chi connectivity index (χ4n) is 4.36. The van der Waals surface area contributed by atoms with E-state index < -0.39 is 35.6 Å². The topological polar surface area (TPSA) is 116 Å². The molecule has 0 atom stereocenters. The Bertz CT molecular complexity index is 1650. The van der Waals surface area contributed by atoms with Crippen molar-refractivity contribution in [2.45, 2.75) is 27.2 Å². The molecule has 0 spiro atoms. The lowest BCUT2D eigenvalue weighted by Gasteiger charge is -2.29. The zero-order valence-electron chi connectivity index (χ0n) is 24.7. The molecule has 5 rings (SSSR count). The summed E-state index contributed by atoms with van der Waals surface area (Å²) < 4.78 is 33.0. The number of amides is 1. The van der Waals surface area contributed by atoms with Gasteiger partial charge in [-0.15, -0.1) is 0 Å². The van der Waals surface area contributed by atoms with Gasteiger partial charge in [0.05, 0.1) is 30.4 Å². The molecular weight excluding hydrogens is 590 g/mol. The molecule has 4 aromatic rings. The Hall–Kier alpha value is -4.59. The molecule has 1 aliphatic heterocycles. The molecule has 11 heteroatoms. The number of carbonyl (C=O) groups is 2. The normalized spacial score (nSPS) is 12.2. The molecule has 1 amide bonds. The van der Waals surface area contributed by atoms with Crippen molar-refractivity contribution in [3.63, 3.8) is 0 Å². The third-order valence-electron chi connectivity index (χ3n) is 6.41. The highest BCUT2D eigenvalue weighted by Gasteiger charge is 2.22. The van der Waals surface area contributed by atoms with Gasteiger partial charge in [-0.25, -0.2) is 8.78 Å². The number of pyridine rings is 1. The number of hydrogen-bond acceptors (Lipinski definition) is 6. The van der Waals surface area contributed by atoms with Crippen LogP contribution in [0.2, 0.25) is 5.02 Å². The van der Waals surface area contributed by atoms with Crippen LogP contribution in [0.1, 0.15) is 41.8 Å². The molecule has 0 saturated carbocycles. The SMILES string of the molecule is CCC.Cc1ccc(-c2ccc(C#N)cc2Cl)c2ncccc12.O=C(O)CNC(=O)c1c(F)cc(N2CCOCC2)cc1F. The van der Waals surface area contributed by atoms with Crippen LogP contribution in [0, 0.1) is 29.9 Å². The molecule has 0 radical (unpaired) electrons. The van der Waals surface area contributed by atoms with Crippen molar-refractivity contribution in [1.29, 1.82) is 5.26 Å². The Morgan fingerprint density at radius 1 is 1.07 bits per heavy atom. The van der Waals surface area contributed by atoms with Crippen molar-refractivity contribution >= 4 is 40.1 Å². The highest BCUT2D eigenvalue weighted by molar-refractivity contribution is 6.33. The van der Waals surface area contributed by atoms with Gasteiger partial charge in [0, 0.05) is 46.5 Å². The van der Waals surface area contributed by atoms with Crippen LogP contribution in [0.5, 0.6) is 0 Å². The molecule has 8 nitrogen and oxygen atoms in total. The minimum Gasteiger partial charge on any atom is -0.480 e. The van der Waals surface area contributed by atoms with Gasteiger partial charge in [-0.1, -0.05) is 56.1 Å². The van der Waals surface area contributed by atoms with Gasteiger partial charge < -0.3 is 20.1 Å². The van der Waals surface area contributed by atoms with E-state index in [9.17, 15) is 18.4 Å². The van der Waals surface area contributed by atoms with Crippen LogP contribution in [0.4, 0.5) is 14.5 Å². The number of nitrogens with zero attached hydrogens (tertiary/aromatic N) is 3. The summed E-state index contributed by atoms with van der Waals surface area (Å²) in [4.78, 5) is 28.2. The molecule has 44 heavy (non-hydrogen) atoms. The number of fused-ring (bicyclic) bond motifs is 1. The first-order valence-electron chi connectivity index (χ1n) is 14.0. The standard InChI is InChI=1S/C17H11ClN2.C13H14F2N2O4.C3H8/c1-11-4-6-15(17-13(11)3-2-8-20-17)14-7-5-12(10-19)9-16(14)18;14-9-5-8(17-1-3-21-4-2-17)6-10(15)12(9)13(20)16-7-11(18)19;1-3-2/h2-9H,1H3;5-6H,1-4,7H2,(H,16,20)(H,18,19);3H2,1-2H3. The van der Waals surface area contributed by atoms with Gasteiger partial charge in [-0.3, -0.25) is 14.6 Å². The molecule has 2 N–H and O–H groups in total. The van der Waals surface area contributed by atoms with E-state index in [1.54, 1.807) is 23.2 Å². The van der Waals surface area contributed by atoms with Gasteiger partial charge in [-0.2, -0.15) is 5.26 Å². The van der Waals surface area contributed by atoms with Crippen molar-refractivity contribution in [3.05, 3.63) is 94.1 Å². The Morgan fingerprint density at radius 2 is 1.70 bits per heavy atom. The number of rotatable bonds is 5. The number of morpholine rings is 1. The van der Waals surface area contributed by atoms with Crippen LogP contribution in [0.3, 0.4) is 0 Å². The first-order valence-corrected chi connectivity index (χ1v) is 14.3. The smallest absolute Gasteiger partial charge is 0.322 e. The number of anilines is 1. The second kappa shape index (κ2) is 16.3. The van der Waals surface area contributed by atoms with E-state index in [1.165, 1.54) is 12.0 Å². The number of aromatic nitrogens is 1. The number of nitriles is 1. The van der Waals surface area contributed by atoms with E-state index in [2.05, 4.69) is 44.0 Å². The average Bonchev–Trinajstić information content (AvgIpc) is 3.01. The molecule has 230 valence electrons. The molecule has 2 heterocycles. The van der Waals surface area contributed by atoms with Gasteiger partial charge in [0.1, 0.15) is 23.7 Å². The van der Waals surface area contributed by atoms with Crippen LogP contribution in [-0.4, -0.2) is 54.8 Å². The molecular formula is C33H33ClF2N4O4. The lowest BCUT2D eigenvalue weighted by molar-refractivity contribution is -0.135. The van der Waals surface area contributed by atoms with Crippen molar-refractivity contribution in [1.82, 2.24) is 10.3 Å². The van der Waals surface area contributed by atoms with E-state index in [1.807, 2.05) is 23.5 Å². The van der Waals surface area contributed by atoms with Gasteiger partial charge in [0.2, 0.25) is 0 Å². The summed E-state index contributed by atoms with van der Waals surface area (Å²) in [7, 11) is 0. The summed E-state index contributed by atoms with van der Waals surface area (Å²) in [6, 6.07) is 17.6. The van der Waals surface area contributed by atoms with Gasteiger partial charge in [0.25, 0.3) is 5.91 Å². The molecule has 0 bridgehead atoms. The number of carboxylic acids is 1. The molecule has 3 aromatic carbocycles. The molecule has 1 aromatic heterocycles. The van der Waals surface area contributed by atoms with Crippen molar-refractivity contribution in [3.8, 4) is 17.2 Å². The number of nitrogens with one attached hydrogen (secondary N) is 1. The third-order valence-corrected chi connectivity index (χ3v) is 6.72. The Balaban J connectivity index is 0.000000221. The summed E-state index contributed by atoms with van der Waals surface area (Å²) in [6.07, 6.45) is 3.03. The molecule has 1 fully saturated rings. The third kappa shape index (κ3) is 8.72. The monoisotopic (exact) mass is 622 g/mol. The summed E-state index contributed by atoms with van der Waals surface area (Å²) in [5.41, 5.74) is 4.09. The first kappa shape index (κ1) is 33.9. The zero-order valence-corrected chi connectivity index (χ0v) is 25.4. The minimum absolute atomic E-state index is 0.322. The van der Waals surface area contributed by atoms with Crippen molar-refractivity contribution in [2.24, 2.45) is 0 Å². The lowest BCUT2D eigenvalue weighted by atomic mass is 9.98. The average molecular weight is 623 g/mol. The fourth-order valence-corrected chi connectivity index (χ4v) is 4.64. The second-order valence-electron chi connectivity index (χ2n) is 9.80. The van der Waals surface area contributed by atoms with Crippen molar-refractivity contribution in [2.75, 3.05) is 37.7 Å². The van der Waals surface area contributed by atoms with E-state index in [4.69, 9.17) is 26.7 Å². The number of benzene rings is 3. The zero-order chi connectivity index (χ0) is 32.2. The number of halogens is 3. The van der Waals surface area contributed by atoms with E-state index in [0.717, 1.165) is 34.2 Å². The summed E-state index contributed by atoms with van der Waals surface area (Å²) in [6.45, 7) is 7.54. The number of ether oxygens (including phenoxy) is 1. The number of hydrogen-bond donors (Lipinski definition) is 2. The van der Waals surface area contributed by atoms with Crippen molar-refractivity contribution < 1.29 is 28.2 Å². The van der Waals surface area contributed by atoms with Gasteiger partial charge in [0.15, 0.2) is 0 Å². The van der Waals surface area contributed by atoms with Crippen LogP contribution >= 0.6 is 11.6 Å². The molecule has 1 aliphatic rings. The van der Waals surface area contributed by atoms with Crippen LogP contribution in [-0.2, 0) is 9.53 Å². The fraction of sp³-hybridized carbons (Fsp3) is 0.273. The highest BCUT2D eigenvalue weighted by atomic mass is 35.5. The molecule has 0 aliphatic carbocycles. The second-order valence-corrected chi connectivity index (χ2v) is 10.2. The van der Waals surface area contributed by atoms with E-state index in [0.29, 0.717) is 42.6 Å². The first-order chi connectivity index (χ1) is 21.1. The highest BCUT2D eigenvalue weighted by Crippen LogP contribution is 2.34. The predicted molar refractivity (Wildman–Crippen MR) is 167 cm³/mol. The van der Waals surface area contributed by atoms with E-state index in [-0.39, 0.29) is 0 Å². The number of aryl methyl sites for hydroxylation is 1. The summed E-state index contributed by atoms with van der Waals surface area (Å²) in [5.74, 6) is -4.45. The Kier molecular flexibility index (Phi) is 12.6. The number of carbonyl (C=O) groups excluding carboxylic acids is 1. The summed E-state index contributed by atoms with van der Waals surface area (Å²) in [5, 5.41) is 21.0. The minimum atomic E-state index is -1.30. The van der Waals surface area contributed by atoms with Gasteiger partial charge in [-0.05, 0) is 42.8 Å². The summed E-state index contributed by atoms with van der Waals surface area (Å²) >= 11 is 6.30. The number of carboxylic acid groups (broad SMARTS) is 1. The largest absolute Gasteiger partial charge is 0.480 e. The Morgan fingerprint density at radius 3 is 2.30 bits per heavy atom. The van der Waals surface area contributed by atoms with E-state index >= 15 is 0 Å². The maximum atomic E-state index is 13.9. The Labute approximate surface area is 259 Å². The van der Waals surface area contributed by atoms with Gasteiger partial charge >= 0.3 is 5.97 Å². The van der Waals surface area contributed by atoms with Crippen LogP contribution < -0.4 is 10.2 Å².